The van der Waals surface area contributed by atoms with Gasteiger partial charge in [0.1, 0.15) is 83.7 Å². The molecule has 0 saturated carbocycles. The number of methoxy groups -OCH3 is 1. The number of halogens is 3. The van der Waals surface area contributed by atoms with E-state index >= 15 is 14.0 Å². The fourth-order valence-electron chi connectivity index (χ4n) is 12.2. The monoisotopic (exact) mass is 1300 g/mol. The number of aromatic nitrogens is 2. The topological polar surface area (TPSA) is 323 Å². The highest BCUT2D eigenvalue weighted by Crippen LogP contribution is 2.32. The Morgan fingerprint density at radius 2 is 1.30 bits per heavy atom. The van der Waals surface area contributed by atoms with Crippen molar-refractivity contribution in [2.75, 3.05) is 39.9 Å². The number of amides is 10. The van der Waals surface area contributed by atoms with Crippen molar-refractivity contribution in [2.24, 2.45) is 0 Å². The Hall–Kier alpha value is -9.95. The first-order valence-corrected chi connectivity index (χ1v) is 31.5. The molecule has 4 aliphatic rings. The predicted molar refractivity (Wildman–Crippen MR) is 339 cm³/mol. The molecule has 500 valence electrons. The second-order valence-electron chi connectivity index (χ2n) is 24.2. The van der Waals surface area contributed by atoms with E-state index in [1.54, 1.807) is 50.2 Å². The van der Waals surface area contributed by atoms with E-state index in [4.69, 9.17) is 9.47 Å². The molecule has 0 aliphatic carbocycles. The number of ether oxygens (including phenoxy) is 2. The highest BCUT2D eigenvalue weighted by molar-refractivity contribution is 6.00. The first kappa shape index (κ1) is 68.4. The molecular formula is C67H79F3N12O12. The van der Waals surface area contributed by atoms with E-state index in [1.807, 2.05) is 12.1 Å². The molecule has 10 amide bonds. The van der Waals surface area contributed by atoms with Gasteiger partial charge in [-0.3, -0.25) is 47.9 Å². The Morgan fingerprint density at radius 3 is 1.93 bits per heavy atom. The van der Waals surface area contributed by atoms with Gasteiger partial charge in [-0.15, -0.1) is 0 Å². The lowest BCUT2D eigenvalue weighted by Gasteiger charge is -2.36. The van der Waals surface area contributed by atoms with E-state index in [9.17, 15) is 47.1 Å². The molecule has 2 saturated heterocycles. The van der Waals surface area contributed by atoms with Gasteiger partial charge in [0.15, 0.2) is 0 Å². The van der Waals surface area contributed by atoms with Crippen LogP contribution in [0.5, 0.6) is 11.5 Å². The summed E-state index contributed by atoms with van der Waals surface area (Å²) in [6.45, 7) is 5.60. The maximum atomic E-state index is 16.0. The second kappa shape index (κ2) is 30.7. The lowest BCUT2D eigenvalue weighted by molar-refractivity contribution is -0.146. The summed E-state index contributed by atoms with van der Waals surface area (Å²) in [6.07, 6.45) is 0.532. The fraction of sp³-hybridized carbons (Fsp3) is 0.433. The average Bonchev–Trinajstić information content (AvgIpc) is 1.75. The summed E-state index contributed by atoms with van der Waals surface area (Å²) in [5.41, 5.74) is 1.70. The molecule has 27 heteroatoms. The van der Waals surface area contributed by atoms with Crippen LogP contribution in [-0.2, 0) is 73.6 Å². The van der Waals surface area contributed by atoms with Crippen molar-refractivity contribution in [3.05, 3.63) is 131 Å². The lowest BCUT2D eigenvalue weighted by Crippen LogP contribution is -2.62. The third-order valence-electron chi connectivity index (χ3n) is 17.5. The van der Waals surface area contributed by atoms with Crippen LogP contribution >= 0.6 is 0 Å². The Bertz CT molecular complexity index is 3790. The Labute approximate surface area is 540 Å². The van der Waals surface area contributed by atoms with Gasteiger partial charge in [-0.1, -0.05) is 31.2 Å². The van der Waals surface area contributed by atoms with Gasteiger partial charge in [0.2, 0.25) is 59.1 Å². The van der Waals surface area contributed by atoms with Gasteiger partial charge in [0.05, 0.1) is 20.2 Å². The average molecular weight is 1300 g/mol. The second-order valence-corrected chi connectivity index (χ2v) is 24.2. The zero-order valence-corrected chi connectivity index (χ0v) is 52.9. The van der Waals surface area contributed by atoms with Crippen LogP contribution in [0, 0.1) is 11.6 Å². The minimum Gasteiger partial charge on any atom is -0.497 e. The number of rotatable bonds is 9. The van der Waals surface area contributed by atoms with E-state index in [0.29, 0.717) is 69.3 Å². The van der Waals surface area contributed by atoms with Crippen molar-refractivity contribution >= 4 is 80.9 Å². The standard InChI is InChI=1S/C67H79F3N12O12/c1-6-50-60(86)79-55(28-40-10-14-46(93-5)15-11-40)65(91)82-26-7-23-67(82,4)66(92)72-24-22-39-8-16-47(17-9-39)94-27-25-71-58(84)21-20-53(76-38(3)83)61(87)75-37(2)59(85)78-54(29-41-34-73-51-18-12-43(68)31-48(41)51)62(88)80-56(30-42-35-74-52-19-13-44(69)32-49(42)52)64(90)81-36-45(70)33-57(81)63(89)77-50/h8-19,31-32,34-35,37,45,50,53-57,73-74H,6-7,20-30,33,36H2,1-5H3,(H,71,84)(H,72,92)(H,75,87)(H,76,83)(H,77,89)(H,78,85)(H,79,86)(H,80,88)/t37-,45+,50?,53-,54+,55+,56+,57+,67+/m1/s1. The van der Waals surface area contributed by atoms with E-state index < -0.39 is 144 Å². The third kappa shape index (κ3) is 16.8. The van der Waals surface area contributed by atoms with Gasteiger partial charge in [-0.2, -0.15) is 0 Å². The summed E-state index contributed by atoms with van der Waals surface area (Å²) in [7, 11) is 1.50. The number of nitrogens with one attached hydrogen (secondary N) is 10. The summed E-state index contributed by atoms with van der Waals surface area (Å²) in [6, 6.07) is 11.4. The van der Waals surface area contributed by atoms with Gasteiger partial charge >= 0.3 is 0 Å². The molecule has 1 unspecified atom stereocenters. The molecular weight excluding hydrogens is 1220 g/mol. The minimum absolute atomic E-state index is 0.0487. The lowest BCUT2D eigenvalue weighted by atomic mass is 9.95. The van der Waals surface area contributed by atoms with Crippen LogP contribution in [0.4, 0.5) is 13.2 Å². The maximum Gasteiger partial charge on any atom is 0.246 e. The highest BCUT2D eigenvalue weighted by Gasteiger charge is 2.48. The molecule has 2 fully saturated rings. The van der Waals surface area contributed by atoms with Gasteiger partial charge in [0.25, 0.3) is 0 Å². The number of carbonyl (C=O) groups excluding carboxylic acids is 10. The maximum absolute atomic E-state index is 16.0. The first-order chi connectivity index (χ1) is 45.0. The van der Waals surface area contributed by atoms with Crippen LogP contribution < -0.4 is 52.0 Å². The molecule has 9 atom stereocenters. The summed E-state index contributed by atoms with van der Waals surface area (Å²) < 4.78 is 57.0. The number of fused-ring (bicyclic) bond motifs is 30. The van der Waals surface area contributed by atoms with E-state index in [2.05, 4.69) is 52.5 Å². The number of hydrogen-bond acceptors (Lipinski definition) is 12. The van der Waals surface area contributed by atoms with Gasteiger partial charge in [-0.25, -0.2) is 13.2 Å². The number of nitrogens with zero attached hydrogens (tertiary/aromatic N) is 2. The van der Waals surface area contributed by atoms with Crippen molar-refractivity contribution in [3.8, 4) is 11.5 Å². The molecule has 2 bridgehead atoms. The molecule has 10 rings (SSSR count). The largest absolute Gasteiger partial charge is 0.497 e. The Kier molecular flexibility index (Phi) is 22.3. The molecule has 6 aromatic rings. The van der Waals surface area contributed by atoms with E-state index in [-0.39, 0.29) is 58.3 Å². The molecule has 0 radical (unpaired) electrons. The van der Waals surface area contributed by atoms with Crippen molar-refractivity contribution in [2.45, 2.75) is 146 Å². The van der Waals surface area contributed by atoms with Crippen LogP contribution in [0.15, 0.2) is 97.3 Å². The number of alkyl halides is 1. The van der Waals surface area contributed by atoms with Crippen molar-refractivity contribution in [3.63, 3.8) is 0 Å². The molecule has 2 aromatic heterocycles. The molecule has 4 aromatic carbocycles. The number of benzene rings is 4. The van der Waals surface area contributed by atoms with Crippen LogP contribution in [0.2, 0.25) is 0 Å². The third-order valence-corrected chi connectivity index (χ3v) is 17.5. The normalized spacial score (nSPS) is 24.8. The van der Waals surface area contributed by atoms with Gasteiger partial charge in [-0.05, 0) is 129 Å². The van der Waals surface area contributed by atoms with Crippen LogP contribution in [0.25, 0.3) is 21.8 Å². The number of carbonyl (C=O) groups is 10. The number of hydrogen-bond donors (Lipinski definition) is 10. The smallest absolute Gasteiger partial charge is 0.246 e. The van der Waals surface area contributed by atoms with Gasteiger partial charge < -0.3 is 71.8 Å². The zero-order chi connectivity index (χ0) is 67.4. The quantitative estimate of drug-likeness (QED) is 0.0933. The highest BCUT2D eigenvalue weighted by atomic mass is 19.1. The SMILES string of the molecule is CCC1NC(=O)[C@@H]2C[C@H](F)CN2C(=O)[C@H](Cc2c[nH]c3ccc(F)cc23)NC(=O)[C@H](Cc2c[nH]c3ccc(F)cc23)NC(=O)[C@@H](C)NC(=O)[C@H](NC(C)=O)CCC(=O)NCCOc2ccc(cc2)CCNC(=O)[C@]2(C)CCCN2C(=O)[C@H](Cc2ccc(OC)cc2)NC1=O. The molecule has 10 N–H and O–H groups in total. The van der Waals surface area contributed by atoms with Crippen molar-refractivity contribution < 1.29 is 70.6 Å². The van der Waals surface area contributed by atoms with Crippen LogP contribution in [0.1, 0.15) is 88.5 Å². The van der Waals surface area contributed by atoms with Crippen LogP contribution in [-0.4, -0.2) is 173 Å². The molecule has 94 heavy (non-hydrogen) atoms. The fourth-order valence-corrected chi connectivity index (χ4v) is 12.2. The van der Waals surface area contributed by atoms with Crippen LogP contribution in [0.3, 0.4) is 0 Å². The Balaban J connectivity index is 1.03. The molecule has 6 heterocycles. The number of aromatic amines is 2. The summed E-state index contributed by atoms with van der Waals surface area (Å²) in [5, 5.41) is 22.2. The first-order valence-electron chi connectivity index (χ1n) is 31.5. The van der Waals surface area contributed by atoms with E-state index in [1.165, 1.54) is 74.6 Å². The summed E-state index contributed by atoms with van der Waals surface area (Å²) in [5.74, 6) is -7.84. The van der Waals surface area contributed by atoms with Gasteiger partial charge in [0, 0.05) is 86.3 Å². The molecule has 24 nitrogen and oxygen atoms in total. The summed E-state index contributed by atoms with van der Waals surface area (Å²) >= 11 is 0. The van der Waals surface area contributed by atoms with Crippen molar-refractivity contribution in [1.29, 1.82) is 0 Å². The Morgan fingerprint density at radius 1 is 0.691 bits per heavy atom. The number of H-pyrrole nitrogens is 2. The zero-order valence-electron chi connectivity index (χ0n) is 52.9. The van der Waals surface area contributed by atoms with E-state index in [0.717, 1.165) is 10.5 Å². The molecule has 0 spiro atoms. The van der Waals surface area contributed by atoms with Crippen molar-refractivity contribution in [1.82, 2.24) is 62.3 Å². The summed E-state index contributed by atoms with van der Waals surface area (Å²) in [4.78, 5) is 151. The predicted octanol–water partition coefficient (Wildman–Crippen LogP) is 3.29. The molecule has 4 aliphatic heterocycles. The minimum atomic E-state index is -1.80.